The van der Waals surface area contributed by atoms with Gasteiger partial charge in [0.25, 0.3) is 0 Å². The molecular formula is C14H9Cl2F4N. The minimum absolute atomic E-state index is 0.0602. The standard InChI is InChI=1S/C14H9Cl2F4N/c15-11-5-4-9(6-10(11)14(18,19)20)21-7-8-2-1-3-12(17)13(8)16/h1-6,21H,7H2. The van der Waals surface area contributed by atoms with E-state index in [1.807, 2.05) is 0 Å². The van der Waals surface area contributed by atoms with Gasteiger partial charge < -0.3 is 5.32 Å². The maximum Gasteiger partial charge on any atom is 0.417 e. The number of hydrogen-bond acceptors (Lipinski definition) is 1. The predicted octanol–water partition coefficient (Wildman–Crippen LogP) is 5.76. The van der Waals surface area contributed by atoms with Crippen molar-refractivity contribution in [3.05, 3.63) is 63.4 Å². The average Bonchev–Trinajstić information content (AvgIpc) is 2.40. The van der Waals surface area contributed by atoms with Crippen LogP contribution in [0.25, 0.3) is 0 Å². The van der Waals surface area contributed by atoms with Crippen molar-refractivity contribution in [2.45, 2.75) is 12.7 Å². The van der Waals surface area contributed by atoms with Crippen molar-refractivity contribution >= 4 is 28.9 Å². The maximum absolute atomic E-state index is 13.3. The van der Waals surface area contributed by atoms with E-state index in [4.69, 9.17) is 23.2 Å². The largest absolute Gasteiger partial charge is 0.417 e. The Kier molecular flexibility index (Phi) is 4.64. The van der Waals surface area contributed by atoms with Crippen molar-refractivity contribution in [2.24, 2.45) is 0 Å². The molecule has 0 saturated heterocycles. The molecule has 0 atom stereocenters. The fourth-order valence-corrected chi connectivity index (χ4v) is 2.15. The highest BCUT2D eigenvalue weighted by atomic mass is 35.5. The molecule has 112 valence electrons. The molecule has 2 aromatic carbocycles. The quantitative estimate of drug-likeness (QED) is 0.701. The van der Waals surface area contributed by atoms with Gasteiger partial charge in [0.05, 0.1) is 15.6 Å². The third-order valence-corrected chi connectivity index (χ3v) is 3.54. The van der Waals surface area contributed by atoms with Crippen LogP contribution in [0.15, 0.2) is 36.4 Å². The summed E-state index contributed by atoms with van der Waals surface area (Å²) in [6.45, 7) is 0.0928. The van der Waals surface area contributed by atoms with Gasteiger partial charge >= 0.3 is 6.18 Å². The molecule has 0 unspecified atom stereocenters. The fourth-order valence-electron chi connectivity index (χ4n) is 1.73. The lowest BCUT2D eigenvalue weighted by atomic mass is 10.1. The van der Waals surface area contributed by atoms with Gasteiger partial charge in [0.15, 0.2) is 0 Å². The highest BCUT2D eigenvalue weighted by molar-refractivity contribution is 6.31. The molecule has 0 aromatic heterocycles. The van der Waals surface area contributed by atoms with Gasteiger partial charge in [-0.15, -0.1) is 0 Å². The molecule has 0 radical (unpaired) electrons. The molecule has 0 spiro atoms. The molecule has 0 heterocycles. The van der Waals surface area contributed by atoms with E-state index in [1.165, 1.54) is 18.2 Å². The fraction of sp³-hybridized carbons (Fsp3) is 0.143. The molecule has 7 heteroatoms. The number of halogens is 6. The van der Waals surface area contributed by atoms with Gasteiger partial charge in [-0.05, 0) is 29.8 Å². The normalized spacial score (nSPS) is 11.5. The van der Waals surface area contributed by atoms with Gasteiger partial charge in [0.1, 0.15) is 5.82 Å². The van der Waals surface area contributed by atoms with Crippen LogP contribution in [0.1, 0.15) is 11.1 Å². The van der Waals surface area contributed by atoms with Gasteiger partial charge in [-0.2, -0.15) is 13.2 Å². The Morgan fingerprint density at radius 1 is 1.05 bits per heavy atom. The van der Waals surface area contributed by atoms with Crippen LogP contribution in [0, 0.1) is 5.82 Å². The van der Waals surface area contributed by atoms with Crippen LogP contribution in [-0.2, 0) is 12.7 Å². The Balaban J connectivity index is 2.19. The molecule has 0 amide bonds. The van der Waals surface area contributed by atoms with E-state index >= 15 is 0 Å². The van der Waals surface area contributed by atoms with Crippen molar-refractivity contribution in [1.29, 1.82) is 0 Å². The maximum atomic E-state index is 13.3. The molecule has 2 aromatic rings. The topological polar surface area (TPSA) is 12.0 Å². The Morgan fingerprint density at radius 3 is 2.43 bits per heavy atom. The number of hydrogen-bond donors (Lipinski definition) is 1. The summed E-state index contributed by atoms with van der Waals surface area (Å²) in [5, 5.41) is 2.32. The lowest BCUT2D eigenvalue weighted by Gasteiger charge is -2.13. The number of rotatable bonds is 3. The second kappa shape index (κ2) is 6.12. The van der Waals surface area contributed by atoms with Gasteiger partial charge in [0, 0.05) is 12.2 Å². The third-order valence-electron chi connectivity index (χ3n) is 2.79. The molecule has 1 nitrogen and oxygen atoms in total. The highest BCUT2D eigenvalue weighted by Gasteiger charge is 2.33. The summed E-state index contributed by atoms with van der Waals surface area (Å²) in [4.78, 5) is 0. The molecule has 1 N–H and O–H groups in total. The molecule has 0 saturated carbocycles. The average molecular weight is 338 g/mol. The number of benzene rings is 2. The summed E-state index contributed by atoms with van der Waals surface area (Å²) in [5.74, 6) is -0.581. The summed E-state index contributed by atoms with van der Waals surface area (Å²) in [5.41, 5.74) is -0.272. The van der Waals surface area contributed by atoms with E-state index in [1.54, 1.807) is 6.07 Å². The summed E-state index contributed by atoms with van der Waals surface area (Å²) in [6.07, 6.45) is -4.54. The van der Waals surface area contributed by atoms with Gasteiger partial charge in [0.2, 0.25) is 0 Å². The van der Waals surface area contributed by atoms with E-state index in [-0.39, 0.29) is 22.3 Å². The molecular weight excluding hydrogens is 329 g/mol. The molecule has 21 heavy (non-hydrogen) atoms. The van der Waals surface area contributed by atoms with Crippen LogP contribution < -0.4 is 5.32 Å². The van der Waals surface area contributed by atoms with Crippen LogP contribution in [0.3, 0.4) is 0 Å². The van der Waals surface area contributed by atoms with Crippen molar-refractivity contribution in [3.63, 3.8) is 0 Å². The molecule has 0 bridgehead atoms. The van der Waals surface area contributed by atoms with E-state index in [0.29, 0.717) is 5.56 Å². The highest BCUT2D eigenvalue weighted by Crippen LogP contribution is 2.36. The van der Waals surface area contributed by atoms with E-state index in [0.717, 1.165) is 12.1 Å². The minimum Gasteiger partial charge on any atom is -0.381 e. The molecule has 0 aliphatic heterocycles. The van der Waals surface area contributed by atoms with Crippen molar-refractivity contribution in [1.82, 2.24) is 0 Å². The second-order valence-corrected chi connectivity index (χ2v) is 5.04. The van der Waals surface area contributed by atoms with E-state index < -0.39 is 17.6 Å². The summed E-state index contributed by atoms with van der Waals surface area (Å²) < 4.78 is 51.4. The number of anilines is 1. The summed E-state index contributed by atoms with van der Waals surface area (Å²) in [6, 6.07) is 7.72. The van der Waals surface area contributed by atoms with Crippen LogP contribution >= 0.6 is 23.2 Å². The van der Waals surface area contributed by atoms with Crippen LogP contribution in [0.5, 0.6) is 0 Å². The van der Waals surface area contributed by atoms with Crippen LogP contribution in [0.2, 0.25) is 10.0 Å². The lowest BCUT2D eigenvalue weighted by Crippen LogP contribution is -2.07. The summed E-state index contributed by atoms with van der Waals surface area (Å²) in [7, 11) is 0. The molecule has 2 rings (SSSR count). The zero-order valence-corrected chi connectivity index (χ0v) is 12.0. The zero-order valence-electron chi connectivity index (χ0n) is 10.4. The lowest BCUT2D eigenvalue weighted by molar-refractivity contribution is -0.137. The third kappa shape index (κ3) is 3.80. The van der Waals surface area contributed by atoms with E-state index in [9.17, 15) is 17.6 Å². The van der Waals surface area contributed by atoms with Crippen molar-refractivity contribution in [3.8, 4) is 0 Å². The van der Waals surface area contributed by atoms with Crippen LogP contribution in [-0.4, -0.2) is 0 Å². The first-order valence-corrected chi connectivity index (χ1v) is 6.58. The number of nitrogens with one attached hydrogen (secondary N) is 1. The van der Waals surface area contributed by atoms with Gasteiger partial charge in [-0.25, -0.2) is 4.39 Å². The number of alkyl halides is 3. The van der Waals surface area contributed by atoms with E-state index in [2.05, 4.69) is 5.32 Å². The zero-order chi connectivity index (χ0) is 15.6. The van der Waals surface area contributed by atoms with Gasteiger partial charge in [-0.1, -0.05) is 35.3 Å². The van der Waals surface area contributed by atoms with Gasteiger partial charge in [-0.3, -0.25) is 0 Å². The Morgan fingerprint density at radius 2 is 1.76 bits per heavy atom. The first kappa shape index (κ1) is 15.9. The molecule has 0 aliphatic carbocycles. The van der Waals surface area contributed by atoms with Crippen molar-refractivity contribution in [2.75, 3.05) is 5.32 Å². The molecule has 0 fully saturated rings. The Hall–Kier alpha value is -1.46. The summed E-state index contributed by atoms with van der Waals surface area (Å²) >= 11 is 11.3. The Bertz CT molecular complexity index is 656. The predicted molar refractivity (Wildman–Crippen MR) is 75.2 cm³/mol. The Labute approximate surface area is 128 Å². The second-order valence-electron chi connectivity index (χ2n) is 4.26. The monoisotopic (exact) mass is 337 g/mol. The van der Waals surface area contributed by atoms with Crippen molar-refractivity contribution < 1.29 is 17.6 Å². The minimum atomic E-state index is -4.54. The first-order chi connectivity index (χ1) is 9.79. The first-order valence-electron chi connectivity index (χ1n) is 5.82. The van der Waals surface area contributed by atoms with Crippen LogP contribution in [0.4, 0.5) is 23.2 Å². The smallest absolute Gasteiger partial charge is 0.381 e. The SMILES string of the molecule is Fc1cccc(CNc2ccc(Cl)c(C(F)(F)F)c2)c1Cl. The molecule has 0 aliphatic rings.